The van der Waals surface area contributed by atoms with Gasteiger partial charge in [-0.25, -0.2) is 19.0 Å². The molecule has 106 valence electrons. The van der Waals surface area contributed by atoms with Gasteiger partial charge in [-0.3, -0.25) is 0 Å². The summed E-state index contributed by atoms with van der Waals surface area (Å²) >= 11 is 5.77. The summed E-state index contributed by atoms with van der Waals surface area (Å²) in [6.07, 6.45) is 4.63. The van der Waals surface area contributed by atoms with E-state index in [9.17, 15) is 4.39 Å². The minimum Gasteiger partial charge on any atom is -0.378 e. The molecule has 0 saturated carbocycles. The van der Waals surface area contributed by atoms with Crippen molar-refractivity contribution in [2.75, 3.05) is 5.32 Å². The molecular weight excluding hydrogens is 293 g/mol. The number of hydrogen-bond acceptors (Lipinski definition) is 4. The van der Waals surface area contributed by atoms with Crippen LogP contribution in [0.2, 0.25) is 5.02 Å². The maximum Gasteiger partial charge on any atom is 0.178 e. The highest BCUT2D eigenvalue weighted by atomic mass is 35.5. The van der Waals surface area contributed by atoms with Gasteiger partial charge in [0.15, 0.2) is 5.82 Å². The monoisotopic (exact) mass is 303 g/mol. The Kier molecular flexibility index (Phi) is 3.79. The Morgan fingerprint density at radius 1 is 1.24 bits per heavy atom. The van der Waals surface area contributed by atoms with E-state index < -0.39 is 5.82 Å². The third-order valence-electron chi connectivity index (χ3n) is 2.92. The van der Waals surface area contributed by atoms with Crippen molar-refractivity contribution in [2.24, 2.45) is 0 Å². The standard InChI is InChI=1S/C14H11ClFN5/c15-11-4-1-3-10(13(11)16)7-19-12-5-2-6-18-14(12)21-9-17-8-20-21/h1-6,8-9,19H,7H2. The molecule has 0 saturated heterocycles. The summed E-state index contributed by atoms with van der Waals surface area (Å²) in [6.45, 7) is 0.291. The number of benzene rings is 1. The van der Waals surface area contributed by atoms with E-state index in [0.717, 1.165) is 5.69 Å². The third-order valence-corrected chi connectivity index (χ3v) is 3.22. The van der Waals surface area contributed by atoms with Gasteiger partial charge in [0.1, 0.15) is 18.5 Å². The first-order valence-corrected chi connectivity index (χ1v) is 6.60. The Morgan fingerprint density at radius 3 is 2.95 bits per heavy atom. The van der Waals surface area contributed by atoms with Crippen LogP contribution in [0.4, 0.5) is 10.1 Å². The molecule has 0 bridgehead atoms. The summed E-state index contributed by atoms with van der Waals surface area (Å²) in [5, 5.41) is 7.29. The van der Waals surface area contributed by atoms with E-state index in [1.54, 1.807) is 30.7 Å². The second-order valence-corrected chi connectivity index (χ2v) is 4.69. The van der Waals surface area contributed by atoms with Gasteiger partial charge in [0, 0.05) is 18.3 Å². The molecule has 0 aliphatic heterocycles. The largest absolute Gasteiger partial charge is 0.378 e. The predicted molar refractivity (Wildman–Crippen MR) is 77.9 cm³/mol. The smallest absolute Gasteiger partial charge is 0.178 e. The fraction of sp³-hybridized carbons (Fsp3) is 0.0714. The second-order valence-electron chi connectivity index (χ2n) is 4.28. The highest BCUT2D eigenvalue weighted by Crippen LogP contribution is 2.21. The molecule has 0 aliphatic rings. The molecule has 5 nitrogen and oxygen atoms in total. The summed E-state index contributed by atoms with van der Waals surface area (Å²) in [6, 6.07) is 8.54. The quantitative estimate of drug-likeness (QED) is 0.805. The zero-order valence-corrected chi connectivity index (χ0v) is 11.6. The molecule has 0 aliphatic carbocycles. The molecule has 2 heterocycles. The lowest BCUT2D eigenvalue weighted by Gasteiger charge is -2.11. The van der Waals surface area contributed by atoms with Crippen molar-refractivity contribution in [2.45, 2.75) is 6.54 Å². The summed E-state index contributed by atoms with van der Waals surface area (Å²) in [5.74, 6) is 0.176. The van der Waals surface area contributed by atoms with Crippen LogP contribution in [-0.4, -0.2) is 19.7 Å². The molecule has 0 atom stereocenters. The summed E-state index contributed by atoms with van der Waals surface area (Å²) in [7, 11) is 0. The number of hydrogen-bond donors (Lipinski definition) is 1. The molecule has 0 fully saturated rings. The molecule has 1 aromatic carbocycles. The number of nitrogens with one attached hydrogen (secondary N) is 1. The molecule has 3 rings (SSSR count). The number of halogens is 2. The van der Waals surface area contributed by atoms with Crippen LogP contribution < -0.4 is 5.32 Å². The minimum absolute atomic E-state index is 0.108. The van der Waals surface area contributed by atoms with Crippen molar-refractivity contribution >= 4 is 17.3 Å². The van der Waals surface area contributed by atoms with Crippen LogP contribution in [0.5, 0.6) is 0 Å². The summed E-state index contributed by atoms with van der Waals surface area (Å²) in [5.41, 5.74) is 1.21. The average Bonchev–Trinajstić information content (AvgIpc) is 3.03. The van der Waals surface area contributed by atoms with Crippen molar-refractivity contribution in [1.82, 2.24) is 19.7 Å². The van der Waals surface area contributed by atoms with E-state index in [0.29, 0.717) is 17.9 Å². The van der Waals surface area contributed by atoms with Gasteiger partial charge in [0.25, 0.3) is 0 Å². The number of nitrogens with zero attached hydrogens (tertiary/aromatic N) is 4. The van der Waals surface area contributed by atoms with Crippen LogP contribution >= 0.6 is 11.6 Å². The molecule has 0 radical (unpaired) electrons. The van der Waals surface area contributed by atoms with Crippen LogP contribution in [0.1, 0.15) is 5.56 Å². The van der Waals surface area contributed by atoms with Gasteiger partial charge in [0.05, 0.1) is 10.7 Å². The Hall–Kier alpha value is -2.47. The predicted octanol–water partition coefficient (Wildman–Crippen LogP) is 3.07. The molecule has 3 aromatic rings. The van der Waals surface area contributed by atoms with Crippen molar-refractivity contribution < 1.29 is 4.39 Å². The second kappa shape index (κ2) is 5.88. The van der Waals surface area contributed by atoms with Crippen molar-refractivity contribution in [3.8, 4) is 5.82 Å². The van der Waals surface area contributed by atoms with Gasteiger partial charge in [-0.15, -0.1) is 0 Å². The minimum atomic E-state index is -0.419. The van der Waals surface area contributed by atoms with E-state index in [1.165, 1.54) is 17.1 Å². The zero-order valence-electron chi connectivity index (χ0n) is 10.9. The molecule has 0 unspecified atom stereocenters. The molecule has 2 aromatic heterocycles. The normalized spacial score (nSPS) is 10.6. The Bertz CT molecular complexity index is 745. The van der Waals surface area contributed by atoms with Crippen LogP contribution in [0.25, 0.3) is 5.82 Å². The zero-order chi connectivity index (χ0) is 14.7. The lowest BCUT2D eigenvalue weighted by molar-refractivity contribution is 0.613. The Balaban J connectivity index is 1.85. The van der Waals surface area contributed by atoms with Crippen LogP contribution in [0.3, 0.4) is 0 Å². The maximum atomic E-state index is 13.9. The number of aromatic nitrogens is 4. The SMILES string of the molecule is Fc1c(Cl)cccc1CNc1cccnc1-n1cncn1. The first-order valence-electron chi connectivity index (χ1n) is 6.22. The van der Waals surface area contributed by atoms with E-state index in [-0.39, 0.29) is 5.02 Å². The number of rotatable bonds is 4. The van der Waals surface area contributed by atoms with E-state index in [1.807, 2.05) is 6.07 Å². The van der Waals surface area contributed by atoms with E-state index in [2.05, 4.69) is 20.4 Å². The summed E-state index contributed by atoms with van der Waals surface area (Å²) < 4.78 is 15.4. The van der Waals surface area contributed by atoms with Crippen LogP contribution in [-0.2, 0) is 6.54 Å². The lowest BCUT2D eigenvalue weighted by atomic mass is 10.2. The molecule has 0 spiro atoms. The fourth-order valence-electron chi connectivity index (χ4n) is 1.91. The van der Waals surface area contributed by atoms with Gasteiger partial charge in [-0.1, -0.05) is 23.7 Å². The molecule has 7 heteroatoms. The molecular formula is C14H11ClFN5. The Morgan fingerprint density at radius 2 is 2.14 bits per heavy atom. The first-order chi connectivity index (χ1) is 10.3. The van der Waals surface area contributed by atoms with Gasteiger partial charge in [-0.05, 0) is 18.2 Å². The van der Waals surface area contributed by atoms with E-state index in [4.69, 9.17) is 11.6 Å². The molecule has 1 N–H and O–H groups in total. The van der Waals surface area contributed by atoms with Crippen molar-refractivity contribution in [1.29, 1.82) is 0 Å². The van der Waals surface area contributed by atoms with E-state index >= 15 is 0 Å². The Labute approximate surface area is 125 Å². The van der Waals surface area contributed by atoms with Crippen LogP contribution in [0, 0.1) is 5.82 Å². The van der Waals surface area contributed by atoms with Gasteiger partial charge in [-0.2, -0.15) is 5.10 Å². The van der Waals surface area contributed by atoms with Gasteiger partial charge < -0.3 is 5.32 Å². The lowest BCUT2D eigenvalue weighted by Crippen LogP contribution is -2.07. The topological polar surface area (TPSA) is 55.6 Å². The highest BCUT2D eigenvalue weighted by molar-refractivity contribution is 6.30. The third kappa shape index (κ3) is 2.85. The van der Waals surface area contributed by atoms with Crippen molar-refractivity contribution in [3.63, 3.8) is 0 Å². The fourth-order valence-corrected chi connectivity index (χ4v) is 2.10. The van der Waals surface area contributed by atoms with Gasteiger partial charge >= 0.3 is 0 Å². The summed E-state index contributed by atoms with van der Waals surface area (Å²) in [4.78, 5) is 8.14. The maximum absolute atomic E-state index is 13.9. The average molecular weight is 304 g/mol. The highest BCUT2D eigenvalue weighted by Gasteiger charge is 2.09. The number of anilines is 1. The molecule has 0 amide bonds. The molecule has 21 heavy (non-hydrogen) atoms. The van der Waals surface area contributed by atoms with Crippen LogP contribution in [0.15, 0.2) is 49.2 Å². The van der Waals surface area contributed by atoms with Gasteiger partial charge in [0.2, 0.25) is 0 Å². The first kappa shape index (κ1) is 13.5. The van der Waals surface area contributed by atoms with Crippen molar-refractivity contribution in [3.05, 3.63) is 65.6 Å². The number of pyridine rings is 1.